The maximum absolute atomic E-state index is 12.0. The van der Waals surface area contributed by atoms with Crippen LogP contribution in [0.25, 0.3) is 0 Å². The molecule has 0 fully saturated rings. The molecule has 0 radical (unpaired) electrons. The van der Waals surface area contributed by atoms with Crippen LogP contribution in [0.5, 0.6) is 5.75 Å². The number of benzene rings is 2. The van der Waals surface area contributed by atoms with Gasteiger partial charge in [0.1, 0.15) is 10.8 Å². The van der Waals surface area contributed by atoms with Gasteiger partial charge in [-0.15, -0.1) is 0 Å². The summed E-state index contributed by atoms with van der Waals surface area (Å²) in [5.41, 5.74) is 1.79. The molecule has 3 rings (SSSR count). The summed E-state index contributed by atoms with van der Waals surface area (Å²) >= 11 is 6.23. The minimum Gasteiger partial charge on any atom is -0.495 e. The molecule has 0 unspecified atom stereocenters. The Bertz CT molecular complexity index is 964. The van der Waals surface area contributed by atoms with Crippen molar-refractivity contribution in [2.45, 2.75) is 0 Å². The van der Waals surface area contributed by atoms with Gasteiger partial charge in [-0.1, -0.05) is 35.9 Å². The van der Waals surface area contributed by atoms with Crippen LogP contribution in [0.2, 0.25) is 5.02 Å². The number of amides is 1. The number of nitrogens with one attached hydrogen (secondary N) is 3. The van der Waals surface area contributed by atoms with Crippen LogP contribution in [0.1, 0.15) is 10.4 Å². The maximum atomic E-state index is 12.0. The minimum atomic E-state index is -0.212. The number of halogens is 1. The molecular weight excluding hydrogens is 366 g/mol. The lowest BCUT2D eigenvalue weighted by Crippen LogP contribution is -2.19. The van der Waals surface area contributed by atoms with Crippen molar-refractivity contribution >= 4 is 40.6 Å². The van der Waals surface area contributed by atoms with E-state index < -0.39 is 0 Å². The van der Waals surface area contributed by atoms with Crippen molar-refractivity contribution < 1.29 is 9.53 Å². The largest absolute Gasteiger partial charge is 0.495 e. The van der Waals surface area contributed by atoms with E-state index in [1.165, 1.54) is 6.20 Å². The van der Waals surface area contributed by atoms with E-state index >= 15 is 0 Å². The van der Waals surface area contributed by atoms with Crippen molar-refractivity contribution in [3.63, 3.8) is 0 Å². The van der Waals surface area contributed by atoms with Crippen LogP contribution in [0, 0.1) is 0 Å². The lowest BCUT2D eigenvalue weighted by atomic mass is 10.1. The van der Waals surface area contributed by atoms with Crippen LogP contribution in [-0.2, 0) is 0 Å². The Balaban J connectivity index is 1.90. The second-order valence-electron chi connectivity index (χ2n) is 5.47. The normalized spacial score (nSPS) is 10.2. The van der Waals surface area contributed by atoms with Gasteiger partial charge in [0.05, 0.1) is 30.2 Å². The zero-order chi connectivity index (χ0) is 19.2. The van der Waals surface area contributed by atoms with Crippen molar-refractivity contribution in [2.24, 2.45) is 0 Å². The van der Waals surface area contributed by atoms with Gasteiger partial charge in [0.25, 0.3) is 5.91 Å². The van der Waals surface area contributed by atoms with Gasteiger partial charge in [0.2, 0.25) is 5.95 Å². The summed E-state index contributed by atoms with van der Waals surface area (Å²) in [6.07, 6.45) is 1.48. The first-order valence-corrected chi connectivity index (χ1v) is 8.51. The Morgan fingerprint density at radius 3 is 2.48 bits per heavy atom. The van der Waals surface area contributed by atoms with Crippen molar-refractivity contribution in [2.75, 3.05) is 24.8 Å². The highest BCUT2D eigenvalue weighted by atomic mass is 35.5. The molecular formula is C19H18ClN5O2. The van der Waals surface area contributed by atoms with E-state index in [0.717, 1.165) is 5.69 Å². The third-order valence-corrected chi connectivity index (χ3v) is 4.03. The van der Waals surface area contributed by atoms with Crippen molar-refractivity contribution in [1.29, 1.82) is 0 Å². The van der Waals surface area contributed by atoms with Gasteiger partial charge in [0, 0.05) is 7.05 Å². The van der Waals surface area contributed by atoms with E-state index in [1.54, 1.807) is 32.4 Å². The Morgan fingerprint density at radius 1 is 1.04 bits per heavy atom. The summed E-state index contributed by atoms with van der Waals surface area (Å²) in [5.74, 6) is 1.16. The molecule has 2 aromatic carbocycles. The fourth-order valence-electron chi connectivity index (χ4n) is 2.44. The molecule has 3 aromatic rings. The number of methoxy groups -OCH3 is 1. The van der Waals surface area contributed by atoms with Crippen molar-refractivity contribution in [1.82, 2.24) is 15.3 Å². The standard InChI is InChI=1S/C19H18ClN5O2/c1-21-18(26)12-7-3-4-8-14(12)23-17-13(20)11-22-19(25-17)24-15-9-5-6-10-16(15)27-2/h3-11H,1-2H3,(H,21,26)(H2,22,23,24,25). The molecule has 1 aromatic heterocycles. The number of carbonyl (C=O) groups excluding carboxylic acids is 1. The molecule has 0 saturated heterocycles. The quantitative estimate of drug-likeness (QED) is 0.596. The number of ether oxygens (including phenoxy) is 1. The van der Waals surface area contributed by atoms with Crippen molar-refractivity contribution in [3.8, 4) is 5.75 Å². The summed E-state index contributed by atoms with van der Waals surface area (Å²) in [7, 11) is 3.16. The smallest absolute Gasteiger partial charge is 0.253 e. The van der Waals surface area contributed by atoms with Crippen LogP contribution in [0.3, 0.4) is 0 Å². The summed E-state index contributed by atoms with van der Waals surface area (Å²) in [4.78, 5) is 20.7. The van der Waals surface area contributed by atoms with E-state index in [9.17, 15) is 4.79 Å². The fourth-order valence-corrected chi connectivity index (χ4v) is 2.57. The number of para-hydroxylation sites is 3. The number of hydrogen-bond acceptors (Lipinski definition) is 6. The van der Waals surface area contributed by atoms with Gasteiger partial charge in [0.15, 0.2) is 5.82 Å². The average molecular weight is 384 g/mol. The Labute approximate surface area is 161 Å². The van der Waals surface area contributed by atoms with Crippen molar-refractivity contribution in [3.05, 3.63) is 65.3 Å². The highest BCUT2D eigenvalue weighted by molar-refractivity contribution is 6.33. The second kappa shape index (κ2) is 8.37. The summed E-state index contributed by atoms with van der Waals surface area (Å²) < 4.78 is 5.32. The summed E-state index contributed by atoms with van der Waals surface area (Å²) in [6.45, 7) is 0. The van der Waals surface area contributed by atoms with Crippen LogP contribution < -0.4 is 20.7 Å². The third-order valence-electron chi connectivity index (χ3n) is 3.75. The summed E-state index contributed by atoms with van der Waals surface area (Å²) in [6, 6.07) is 14.5. The Hall–Kier alpha value is -3.32. The van der Waals surface area contributed by atoms with Gasteiger partial charge in [-0.25, -0.2) is 4.98 Å². The number of aromatic nitrogens is 2. The predicted molar refractivity (Wildman–Crippen MR) is 106 cm³/mol. The number of hydrogen-bond donors (Lipinski definition) is 3. The van der Waals surface area contributed by atoms with E-state index in [1.807, 2.05) is 30.3 Å². The first-order valence-electron chi connectivity index (χ1n) is 8.13. The van der Waals surface area contributed by atoms with Crippen LogP contribution in [0.15, 0.2) is 54.7 Å². The van der Waals surface area contributed by atoms with E-state index in [4.69, 9.17) is 16.3 Å². The highest BCUT2D eigenvalue weighted by Gasteiger charge is 2.13. The topological polar surface area (TPSA) is 88.2 Å². The van der Waals surface area contributed by atoms with Gasteiger partial charge < -0.3 is 20.7 Å². The lowest BCUT2D eigenvalue weighted by Gasteiger charge is -2.13. The van der Waals surface area contributed by atoms with Crippen LogP contribution >= 0.6 is 11.6 Å². The van der Waals surface area contributed by atoms with E-state index in [2.05, 4.69) is 25.9 Å². The molecule has 0 spiro atoms. The zero-order valence-electron chi connectivity index (χ0n) is 14.8. The number of carbonyl (C=O) groups is 1. The highest BCUT2D eigenvalue weighted by Crippen LogP contribution is 2.29. The fraction of sp³-hybridized carbons (Fsp3) is 0.105. The molecule has 0 bridgehead atoms. The molecule has 27 heavy (non-hydrogen) atoms. The first kappa shape index (κ1) is 18.5. The number of anilines is 4. The minimum absolute atomic E-state index is 0.212. The second-order valence-corrected chi connectivity index (χ2v) is 5.87. The van der Waals surface area contributed by atoms with Gasteiger partial charge in [-0.2, -0.15) is 4.98 Å². The van der Waals surface area contributed by atoms with Gasteiger partial charge in [-0.05, 0) is 24.3 Å². The number of nitrogens with zero attached hydrogens (tertiary/aromatic N) is 2. The molecule has 7 nitrogen and oxygen atoms in total. The molecule has 0 atom stereocenters. The molecule has 0 aliphatic carbocycles. The first-order chi connectivity index (χ1) is 13.1. The molecule has 0 aliphatic heterocycles. The van der Waals surface area contributed by atoms with Gasteiger partial charge in [-0.3, -0.25) is 4.79 Å². The molecule has 3 N–H and O–H groups in total. The number of rotatable bonds is 6. The summed E-state index contributed by atoms with van der Waals surface area (Å²) in [5, 5.41) is 9.13. The van der Waals surface area contributed by atoms with Crippen LogP contribution in [0.4, 0.5) is 23.1 Å². The van der Waals surface area contributed by atoms with Crippen LogP contribution in [-0.4, -0.2) is 30.0 Å². The SMILES string of the molecule is CNC(=O)c1ccccc1Nc1nc(Nc2ccccc2OC)ncc1Cl. The molecule has 0 saturated carbocycles. The monoisotopic (exact) mass is 383 g/mol. The van der Waals surface area contributed by atoms with E-state index in [-0.39, 0.29) is 5.91 Å². The van der Waals surface area contributed by atoms with Gasteiger partial charge >= 0.3 is 0 Å². The average Bonchev–Trinajstić information content (AvgIpc) is 2.70. The maximum Gasteiger partial charge on any atom is 0.253 e. The molecule has 8 heteroatoms. The molecule has 138 valence electrons. The lowest BCUT2D eigenvalue weighted by molar-refractivity contribution is 0.0964. The Kier molecular flexibility index (Phi) is 5.73. The molecule has 1 amide bonds. The molecule has 0 aliphatic rings. The Morgan fingerprint density at radius 2 is 1.74 bits per heavy atom. The predicted octanol–water partition coefficient (Wildman–Crippen LogP) is 3.99. The molecule has 1 heterocycles. The zero-order valence-corrected chi connectivity index (χ0v) is 15.5. The van der Waals surface area contributed by atoms with E-state index in [0.29, 0.717) is 33.8 Å². The third kappa shape index (κ3) is 4.27.